The summed E-state index contributed by atoms with van der Waals surface area (Å²) in [5.41, 5.74) is 1.14. The van der Waals surface area contributed by atoms with Crippen molar-refractivity contribution < 1.29 is 4.79 Å². The molecule has 102 valence electrons. The minimum absolute atomic E-state index is 0.135. The first-order valence-corrected chi connectivity index (χ1v) is 7.34. The highest BCUT2D eigenvalue weighted by atomic mass is 16.2. The number of amides is 1. The van der Waals surface area contributed by atoms with Crippen LogP contribution < -0.4 is 10.6 Å². The fourth-order valence-corrected chi connectivity index (χ4v) is 3.19. The lowest BCUT2D eigenvalue weighted by Crippen LogP contribution is -2.50. The van der Waals surface area contributed by atoms with Gasteiger partial charge in [0.2, 0.25) is 5.91 Å². The Morgan fingerprint density at radius 1 is 1.32 bits per heavy atom. The molecule has 2 fully saturated rings. The SMILES string of the molecule is O=C(NC1CCNC1)C1(Cc2ccccc2)CCC1. The second kappa shape index (κ2) is 5.33. The maximum atomic E-state index is 12.6. The monoisotopic (exact) mass is 258 g/mol. The van der Waals surface area contributed by atoms with Gasteiger partial charge in [-0.25, -0.2) is 0 Å². The topological polar surface area (TPSA) is 41.1 Å². The molecule has 1 amide bonds. The summed E-state index contributed by atoms with van der Waals surface area (Å²) in [7, 11) is 0. The molecule has 3 heteroatoms. The fourth-order valence-electron chi connectivity index (χ4n) is 3.19. The number of rotatable bonds is 4. The highest BCUT2D eigenvalue weighted by Crippen LogP contribution is 2.44. The Hall–Kier alpha value is -1.35. The number of nitrogens with one attached hydrogen (secondary N) is 2. The van der Waals surface area contributed by atoms with Crippen LogP contribution in [-0.4, -0.2) is 25.0 Å². The largest absolute Gasteiger partial charge is 0.352 e. The van der Waals surface area contributed by atoms with E-state index >= 15 is 0 Å². The molecule has 0 bridgehead atoms. The zero-order chi connectivity index (χ0) is 13.1. The molecule has 3 nitrogen and oxygen atoms in total. The molecular formula is C16H22N2O. The molecule has 1 heterocycles. The molecule has 0 aromatic heterocycles. The van der Waals surface area contributed by atoms with E-state index in [1.54, 1.807) is 0 Å². The van der Waals surface area contributed by atoms with Crippen LogP contribution in [0.1, 0.15) is 31.2 Å². The fraction of sp³-hybridized carbons (Fsp3) is 0.562. The summed E-state index contributed by atoms with van der Waals surface area (Å²) < 4.78 is 0. The van der Waals surface area contributed by atoms with Crippen molar-refractivity contribution in [2.45, 2.75) is 38.1 Å². The van der Waals surface area contributed by atoms with Crippen molar-refractivity contribution in [1.29, 1.82) is 0 Å². The molecule has 2 aliphatic rings. The van der Waals surface area contributed by atoms with Crippen LogP contribution in [0.2, 0.25) is 0 Å². The molecule has 1 aromatic carbocycles. The highest BCUT2D eigenvalue weighted by Gasteiger charge is 2.44. The summed E-state index contributed by atoms with van der Waals surface area (Å²) in [5.74, 6) is 0.274. The number of hydrogen-bond acceptors (Lipinski definition) is 2. The Morgan fingerprint density at radius 2 is 2.11 bits per heavy atom. The minimum Gasteiger partial charge on any atom is -0.352 e. The third-order valence-electron chi connectivity index (χ3n) is 4.57. The molecule has 1 saturated heterocycles. The van der Waals surface area contributed by atoms with E-state index in [0.717, 1.165) is 38.8 Å². The lowest BCUT2D eigenvalue weighted by atomic mass is 9.64. The van der Waals surface area contributed by atoms with Crippen molar-refractivity contribution in [3.63, 3.8) is 0 Å². The molecule has 3 rings (SSSR count). The van der Waals surface area contributed by atoms with Crippen molar-refractivity contribution >= 4 is 5.91 Å². The number of hydrogen-bond donors (Lipinski definition) is 2. The Kier molecular flexibility index (Phi) is 3.56. The summed E-state index contributed by atoms with van der Waals surface area (Å²) in [6, 6.07) is 10.7. The predicted octanol–water partition coefficient (Wildman–Crippen LogP) is 1.88. The summed E-state index contributed by atoms with van der Waals surface area (Å²) >= 11 is 0. The minimum atomic E-state index is -0.135. The van der Waals surface area contributed by atoms with Gasteiger partial charge >= 0.3 is 0 Å². The van der Waals surface area contributed by atoms with Gasteiger partial charge in [0.25, 0.3) is 0 Å². The first-order chi connectivity index (χ1) is 9.28. The molecule has 1 saturated carbocycles. The Morgan fingerprint density at radius 3 is 2.68 bits per heavy atom. The molecule has 1 aromatic rings. The van der Waals surface area contributed by atoms with Crippen LogP contribution in [0.15, 0.2) is 30.3 Å². The molecule has 2 N–H and O–H groups in total. The molecule has 1 atom stereocenters. The Labute approximate surface area is 114 Å². The molecule has 0 radical (unpaired) electrons. The molecule has 19 heavy (non-hydrogen) atoms. The second-order valence-corrected chi connectivity index (χ2v) is 5.96. The van der Waals surface area contributed by atoms with Crippen LogP contribution in [0.5, 0.6) is 0 Å². The molecular weight excluding hydrogens is 236 g/mol. The third kappa shape index (κ3) is 2.66. The average molecular weight is 258 g/mol. The maximum absolute atomic E-state index is 12.6. The zero-order valence-electron chi connectivity index (χ0n) is 11.3. The third-order valence-corrected chi connectivity index (χ3v) is 4.57. The van der Waals surface area contributed by atoms with E-state index in [9.17, 15) is 4.79 Å². The van der Waals surface area contributed by atoms with Gasteiger partial charge < -0.3 is 10.6 Å². The van der Waals surface area contributed by atoms with Gasteiger partial charge in [-0.05, 0) is 37.8 Å². The second-order valence-electron chi connectivity index (χ2n) is 5.96. The number of carbonyl (C=O) groups is 1. The highest BCUT2D eigenvalue weighted by molar-refractivity contribution is 5.84. The van der Waals surface area contributed by atoms with E-state index in [-0.39, 0.29) is 11.3 Å². The maximum Gasteiger partial charge on any atom is 0.226 e. The van der Waals surface area contributed by atoms with Crippen molar-refractivity contribution in [3.8, 4) is 0 Å². The van der Waals surface area contributed by atoms with E-state index in [4.69, 9.17) is 0 Å². The van der Waals surface area contributed by atoms with Gasteiger partial charge in [0.15, 0.2) is 0 Å². The van der Waals surface area contributed by atoms with E-state index in [1.807, 2.05) is 6.07 Å². The zero-order valence-corrected chi connectivity index (χ0v) is 11.3. The summed E-state index contributed by atoms with van der Waals surface area (Å²) in [5, 5.41) is 6.54. The quantitative estimate of drug-likeness (QED) is 0.866. The lowest BCUT2D eigenvalue weighted by Gasteiger charge is -2.41. The van der Waals surface area contributed by atoms with Crippen LogP contribution >= 0.6 is 0 Å². The van der Waals surface area contributed by atoms with Crippen molar-refractivity contribution in [1.82, 2.24) is 10.6 Å². The van der Waals surface area contributed by atoms with E-state index in [1.165, 1.54) is 12.0 Å². The van der Waals surface area contributed by atoms with Gasteiger partial charge in [0.1, 0.15) is 0 Å². The van der Waals surface area contributed by atoms with Gasteiger partial charge in [-0.1, -0.05) is 36.8 Å². The van der Waals surface area contributed by atoms with Gasteiger partial charge in [0, 0.05) is 12.6 Å². The standard InChI is InChI=1S/C16H22N2O/c19-15(18-14-7-10-17-12-14)16(8-4-9-16)11-13-5-2-1-3-6-13/h1-3,5-6,14,17H,4,7-12H2,(H,18,19). The van der Waals surface area contributed by atoms with Crippen molar-refractivity contribution in [2.24, 2.45) is 5.41 Å². The van der Waals surface area contributed by atoms with Crippen LogP contribution in [0.3, 0.4) is 0 Å². The average Bonchev–Trinajstić information content (AvgIpc) is 2.88. The van der Waals surface area contributed by atoms with Gasteiger partial charge in [-0.3, -0.25) is 4.79 Å². The number of carbonyl (C=O) groups excluding carboxylic acids is 1. The van der Waals surface area contributed by atoms with Crippen LogP contribution in [0.4, 0.5) is 0 Å². The van der Waals surface area contributed by atoms with Crippen molar-refractivity contribution in [2.75, 3.05) is 13.1 Å². The van der Waals surface area contributed by atoms with Crippen LogP contribution in [0, 0.1) is 5.41 Å². The van der Waals surface area contributed by atoms with Crippen LogP contribution in [0.25, 0.3) is 0 Å². The molecule has 1 aliphatic heterocycles. The summed E-state index contributed by atoms with van der Waals surface area (Å²) in [4.78, 5) is 12.6. The summed E-state index contributed by atoms with van der Waals surface area (Å²) in [6.07, 6.45) is 5.21. The Bertz CT molecular complexity index is 433. The smallest absolute Gasteiger partial charge is 0.226 e. The normalized spacial score (nSPS) is 24.7. The first kappa shape index (κ1) is 12.7. The lowest BCUT2D eigenvalue weighted by molar-refractivity contribution is -0.136. The first-order valence-electron chi connectivity index (χ1n) is 7.34. The van der Waals surface area contributed by atoms with E-state index in [2.05, 4.69) is 34.9 Å². The van der Waals surface area contributed by atoms with Gasteiger partial charge in [-0.15, -0.1) is 0 Å². The molecule has 1 aliphatic carbocycles. The molecule has 0 spiro atoms. The Balaban J connectivity index is 1.66. The van der Waals surface area contributed by atoms with Gasteiger partial charge in [-0.2, -0.15) is 0 Å². The predicted molar refractivity (Wildman–Crippen MR) is 75.8 cm³/mol. The van der Waals surface area contributed by atoms with E-state index in [0.29, 0.717) is 6.04 Å². The van der Waals surface area contributed by atoms with Gasteiger partial charge in [0.05, 0.1) is 5.41 Å². The summed E-state index contributed by atoms with van der Waals surface area (Å²) in [6.45, 7) is 1.95. The number of benzene rings is 1. The van der Waals surface area contributed by atoms with Crippen LogP contribution in [-0.2, 0) is 11.2 Å². The van der Waals surface area contributed by atoms with Crippen molar-refractivity contribution in [3.05, 3.63) is 35.9 Å². The van der Waals surface area contributed by atoms with E-state index < -0.39 is 0 Å². The molecule has 1 unspecified atom stereocenters.